The SMILES string of the molecule is CC.COC1=CCC(OC)=CC(C)=C1. The lowest BCUT2D eigenvalue weighted by molar-refractivity contribution is 0.280. The molecule has 80 valence electrons. The zero-order chi connectivity index (χ0) is 11.0. The van der Waals surface area contributed by atoms with E-state index in [1.54, 1.807) is 14.2 Å². The Balaban J connectivity index is 0.000000791. The zero-order valence-electron chi connectivity index (χ0n) is 9.76. The molecule has 0 aromatic heterocycles. The van der Waals surface area contributed by atoms with Gasteiger partial charge in [-0.2, -0.15) is 0 Å². The molecule has 0 saturated heterocycles. The molecule has 0 spiro atoms. The molecule has 0 aliphatic heterocycles. The number of hydrogen-bond acceptors (Lipinski definition) is 2. The zero-order valence-corrected chi connectivity index (χ0v) is 9.76. The van der Waals surface area contributed by atoms with Gasteiger partial charge in [-0.1, -0.05) is 13.8 Å². The maximum absolute atomic E-state index is 5.15. The van der Waals surface area contributed by atoms with Gasteiger partial charge in [0, 0.05) is 6.42 Å². The van der Waals surface area contributed by atoms with E-state index in [1.807, 2.05) is 39.0 Å². The van der Waals surface area contributed by atoms with Crippen molar-refractivity contribution in [1.29, 1.82) is 0 Å². The third-order valence-electron chi connectivity index (χ3n) is 1.76. The second-order valence-corrected chi connectivity index (χ2v) is 2.72. The van der Waals surface area contributed by atoms with Crippen molar-refractivity contribution in [1.82, 2.24) is 0 Å². The Morgan fingerprint density at radius 1 is 1.07 bits per heavy atom. The summed E-state index contributed by atoms with van der Waals surface area (Å²) in [5.74, 6) is 1.87. The molecule has 0 amide bonds. The van der Waals surface area contributed by atoms with Gasteiger partial charge < -0.3 is 9.47 Å². The predicted octanol–water partition coefficient (Wildman–Crippen LogP) is 3.42. The van der Waals surface area contributed by atoms with Crippen molar-refractivity contribution in [3.63, 3.8) is 0 Å². The standard InChI is InChI=1S/C10H14O2.C2H6/c1-8-6-9(11-2)4-5-10(7-8)12-3;1-2/h4,6-7H,5H2,1-3H3;1-2H3. The number of hydrogen-bond donors (Lipinski definition) is 0. The first-order valence-corrected chi connectivity index (χ1v) is 4.93. The van der Waals surface area contributed by atoms with E-state index in [2.05, 4.69) is 0 Å². The van der Waals surface area contributed by atoms with Crippen LogP contribution < -0.4 is 0 Å². The highest BCUT2D eigenvalue weighted by Crippen LogP contribution is 2.16. The molecule has 2 heteroatoms. The summed E-state index contributed by atoms with van der Waals surface area (Å²) in [6.07, 6.45) is 6.81. The van der Waals surface area contributed by atoms with E-state index in [1.165, 1.54) is 0 Å². The van der Waals surface area contributed by atoms with Crippen LogP contribution in [0.4, 0.5) is 0 Å². The topological polar surface area (TPSA) is 18.5 Å². The molecule has 0 bridgehead atoms. The van der Waals surface area contributed by atoms with E-state index in [-0.39, 0.29) is 0 Å². The van der Waals surface area contributed by atoms with Crippen LogP contribution in [-0.4, -0.2) is 14.2 Å². The van der Waals surface area contributed by atoms with Crippen LogP contribution in [0.3, 0.4) is 0 Å². The first-order valence-electron chi connectivity index (χ1n) is 4.93. The van der Waals surface area contributed by atoms with Crippen LogP contribution in [0.1, 0.15) is 27.2 Å². The largest absolute Gasteiger partial charge is 0.501 e. The third-order valence-corrected chi connectivity index (χ3v) is 1.76. The summed E-state index contributed by atoms with van der Waals surface area (Å²) in [4.78, 5) is 0. The van der Waals surface area contributed by atoms with E-state index in [4.69, 9.17) is 9.47 Å². The lowest BCUT2D eigenvalue weighted by atomic mass is 10.2. The average Bonchev–Trinajstić information content (AvgIpc) is 2.42. The molecule has 1 aliphatic carbocycles. The fourth-order valence-electron chi connectivity index (χ4n) is 1.12. The van der Waals surface area contributed by atoms with Crippen molar-refractivity contribution >= 4 is 0 Å². The van der Waals surface area contributed by atoms with Gasteiger partial charge in [0.25, 0.3) is 0 Å². The van der Waals surface area contributed by atoms with Crippen LogP contribution in [0.15, 0.2) is 35.3 Å². The van der Waals surface area contributed by atoms with Gasteiger partial charge in [-0.05, 0) is 30.7 Å². The van der Waals surface area contributed by atoms with Crippen LogP contribution in [0.25, 0.3) is 0 Å². The minimum absolute atomic E-state index is 0.799. The molecule has 1 rings (SSSR count). The molecule has 2 nitrogen and oxygen atoms in total. The molecular weight excluding hydrogens is 176 g/mol. The molecule has 0 N–H and O–H groups in total. The summed E-state index contributed by atoms with van der Waals surface area (Å²) in [7, 11) is 3.36. The Morgan fingerprint density at radius 2 is 1.71 bits per heavy atom. The first kappa shape index (κ1) is 12.8. The second-order valence-electron chi connectivity index (χ2n) is 2.72. The number of rotatable bonds is 2. The van der Waals surface area contributed by atoms with Crippen molar-refractivity contribution < 1.29 is 9.47 Å². The average molecular weight is 196 g/mol. The summed E-state index contributed by atoms with van der Waals surface area (Å²) >= 11 is 0. The molecule has 0 aromatic rings. The van der Waals surface area contributed by atoms with Gasteiger partial charge in [0.05, 0.1) is 20.0 Å². The van der Waals surface area contributed by atoms with Gasteiger partial charge in [0.1, 0.15) is 5.76 Å². The van der Waals surface area contributed by atoms with E-state index < -0.39 is 0 Å². The minimum atomic E-state index is 0.799. The summed E-state index contributed by atoms with van der Waals surface area (Å²) in [6.45, 7) is 6.02. The van der Waals surface area contributed by atoms with Crippen molar-refractivity contribution in [2.45, 2.75) is 27.2 Å². The number of ether oxygens (including phenoxy) is 2. The van der Waals surface area contributed by atoms with Gasteiger partial charge >= 0.3 is 0 Å². The Morgan fingerprint density at radius 3 is 2.21 bits per heavy atom. The highest BCUT2D eigenvalue weighted by atomic mass is 16.5. The van der Waals surface area contributed by atoms with Crippen molar-refractivity contribution in [2.75, 3.05) is 14.2 Å². The molecule has 0 atom stereocenters. The Kier molecular flexibility index (Phi) is 6.63. The monoisotopic (exact) mass is 196 g/mol. The van der Waals surface area contributed by atoms with Crippen molar-refractivity contribution in [3.05, 3.63) is 35.3 Å². The van der Waals surface area contributed by atoms with E-state index in [0.29, 0.717) is 0 Å². The van der Waals surface area contributed by atoms with Gasteiger partial charge in [-0.15, -0.1) is 0 Å². The molecule has 0 fully saturated rings. The number of allylic oxidation sites excluding steroid dienone is 4. The summed E-state index contributed by atoms with van der Waals surface area (Å²) < 4.78 is 10.3. The lowest BCUT2D eigenvalue weighted by Crippen LogP contribution is -1.84. The van der Waals surface area contributed by atoms with Crippen LogP contribution in [-0.2, 0) is 9.47 Å². The Bertz CT molecular complexity index is 247. The second kappa shape index (κ2) is 7.25. The highest BCUT2D eigenvalue weighted by Gasteiger charge is 2.02. The Labute approximate surface area is 86.9 Å². The van der Waals surface area contributed by atoms with E-state index >= 15 is 0 Å². The maximum atomic E-state index is 5.15. The van der Waals surface area contributed by atoms with Crippen LogP contribution in [0.5, 0.6) is 0 Å². The molecule has 1 aliphatic rings. The molecule has 0 heterocycles. The molecule has 0 radical (unpaired) electrons. The van der Waals surface area contributed by atoms with Crippen LogP contribution >= 0.6 is 0 Å². The molecule has 0 saturated carbocycles. The maximum Gasteiger partial charge on any atom is 0.115 e. The Hall–Kier alpha value is -1.18. The van der Waals surface area contributed by atoms with Gasteiger partial charge in [0.2, 0.25) is 0 Å². The van der Waals surface area contributed by atoms with Crippen molar-refractivity contribution in [3.8, 4) is 0 Å². The molecule has 14 heavy (non-hydrogen) atoms. The van der Waals surface area contributed by atoms with Gasteiger partial charge in [-0.3, -0.25) is 0 Å². The smallest absolute Gasteiger partial charge is 0.115 e. The normalized spacial score (nSPS) is 15.1. The fourth-order valence-corrected chi connectivity index (χ4v) is 1.12. The summed E-state index contributed by atoms with van der Waals surface area (Å²) in [5, 5.41) is 0. The van der Waals surface area contributed by atoms with Crippen LogP contribution in [0, 0.1) is 0 Å². The van der Waals surface area contributed by atoms with Gasteiger partial charge in [0.15, 0.2) is 0 Å². The summed E-state index contributed by atoms with van der Waals surface area (Å²) in [5.41, 5.74) is 1.15. The highest BCUT2D eigenvalue weighted by molar-refractivity contribution is 5.31. The lowest BCUT2D eigenvalue weighted by Gasteiger charge is -2.00. The summed E-state index contributed by atoms with van der Waals surface area (Å²) in [6, 6.07) is 0. The minimum Gasteiger partial charge on any atom is -0.501 e. The molecular formula is C12H20O2. The van der Waals surface area contributed by atoms with E-state index in [0.717, 1.165) is 23.5 Å². The van der Waals surface area contributed by atoms with Gasteiger partial charge in [-0.25, -0.2) is 0 Å². The fraction of sp³-hybridized carbons (Fsp3) is 0.500. The first-order chi connectivity index (χ1) is 6.76. The van der Waals surface area contributed by atoms with Crippen molar-refractivity contribution in [2.24, 2.45) is 0 Å². The van der Waals surface area contributed by atoms with E-state index in [9.17, 15) is 0 Å². The van der Waals surface area contributed by atoms with Crippen LogP contribution in [0.2, 0.25) is 0 Å². The third kappa shape index (κ3) is 4.17. The quantitative estimate of drug-likeness (QED) is 0.673. The number of methoxy groups -OCH3 is 2. The predicted molar refractivity (Wildman–Crippen MR) is 59.9 cm³/mol. The molecule has 0 aromatic carbocycles. The molecule has 0 unspecified atom stereocenters.